The Morgan fingerprint density at radius 3 is 0.798 bits per heavy atom. The second-order valence-corrected chi connectivity index (χ2v) is 29.9. The Balaban J connectivity index is 0.940. The van der Waals surface area contributed by atoms with E-state index >= 15 is 0 Å². The second kappa shape index (κ2) is 28.0. The van der Waals surface area contributed by atoms with Crippen LogP contribution in [0.4, 0.5) is 34.1 Å². The summed E-state index contributed by atoms with van der Waals surface area (Å²) in [6, 6.07) is 154. The quantitative estimate of drug-likeness (QED) is 0.100. The van der Waals surface area contributed by atoms with Crippen LogP contribution in [0.25, 0.3) is 134 Å². The molecule has 2 heterocycles. The highest BCUT2D eigenvalue weighted by Gasteiger charge is 2.46. The molecule has 0 saturated carbocycles. The summed E-state index contributed by atoms with van der Waals surface area (Å²) in [4.78, 5) is 5.35. The minimum absolute atomic E-state index is 0.237. The lowest BCUT2D eigenvalue weighted by molar-refractivity contribution is 0.590. The molecule has 0 spiro atoms. The summed E-state index contributed by atoms with van der Waals surface area (Å²) in [5.74, 6) is 0. The minimum Gasteiger partial charge on any atom is -0.311 e. The van der Waals surface area contributed by atoms with Crippen LogP contribution in [0.15, 0.2) is 413 Å². The van der Waals surface area contributed by atoms with Crippen molar-refractivity contribution in [3.63, 3.8) is 0 Å². The molecule has 3 heteroatoms. The smallest absolute Gasteiger partial charge is 0.252 e. The minimum atomic E-state index is -0.323. The van der Waals surface area contributed by atoms with Crippen LogP contribution in [0.3, 0.4) is 0 Å². The monoisotopic (exact) mass is 1390 g/mol. The average Bonchev–Trinajstić information content (AvgIpc) is 0.685. The molecule has 2 aliphatic rings. The zero-order chi connectivity index (χ0) is 72.9. The van der Waals surface area contributed by atoms with Crippen LogP contribution >= 0.6 is 0 Å². The number of hydrogen-bond acceptors (Lipinski definition) is 2. The number of hydrogen-bond donors (Lipinski definition) is 0. The highest BCUT2D eigenvalue weighted by molar-refractivity contribution is 7.00. The summed E-state index contributed by atoms with van der Waals surface area (Å²) in [6.07, 6.45) is 0. The molecule has 19 rings (SSSR count). The summed E-state index contributed by atoms with van der Waals surface area (Å²) in [5, 5.41) is 0. The largest absolute Gasteiger partial charge is 0.311 e. The predicted octanol–water partition coefficient (Wildman–Crippen LogP) is 27.1. The molecule has 0 aromatic heterocycles. The zero-order valence-corrected chi connectivity index (χ0v) is 61.2. The lowest BCUT2D eigenvalue weighted by Gasteiger charge is -2.46. The Labute approximate surface area is 640 Å². The van der Waals surface area contributed by atoms with Crippen molar-refractivity contribution in [1.29, 1.82) is 0 Å². The Bertz CT molecular complexity index is 5970. The van der Waals surface area contributed by atoms with Crippen LogP contribution in [-0.4, -0.2) is 6.71 Å². The maximum Gasteiger partial charge on any atom is 0.252 e. The molecule has 2 nitrogen and oxygen atoms in total. The van der Waals surface area contributed by atoms with Gasteiger partial charge in [-0.3, -0.25) is 0 Å². The Morgan fingerprint density at radius 1 is 0.202 bits per heavy atom. The van der Waals surface area contributed by atoms with Crippen molar-refractivity contribution in [3.05, 3.63) is 418 Å². The van der Waals surface area contributed by atoms with E-state index in [9.17, 15) is 0 Å². The lowest BCUT2D eigenvalue weighted by atomic mass is 9.33. The first kappa shape index (κ1) is 66.1. The van der Waals surface area contributed by atoms with Gasteiger partial charge in [0.15, 0.2) is 0 Å². The van der Waals surface area contributed by atoms with Crippen molar-refractivity contribution >= 4 is 57.2 Å². The molecule has 0 atom stereocenters. The van der Waals surface area contributed by atoms with Gasteiger partial charge in [0.1, 0.15) is 0 Å². The van der Waals surface area contributed by atoms with Crippen molar-refractivity contribution in [2.24, 2.45) is 0 Å². The van der Waals surface area contributed by atoms with Crippen molar-refractivity contribution in [2.75, 3.05) is 9.80 Å². The van der Waals surface area contributed by atoms with Crippen LogP contribution in [0.5, 0.6) is 0 Å². The molecule has 0 saturated heterocycles. The molecule has 0 N–H and O–H groups in total. The van der Waals surface area contributed by atoms with E-state index in [2.05, 4.69) is 443 Å². The average molecular weight is 1390 g/mol. The Kier molecular flexibility index (Phi) is 17.0. The van der Waals surface area contributed by atoms with E-state index in [-0.39, 0.29) is 12.1 Å². The summed E-state index contributed by atoms with van der Waals surface area (Å²) >= 11 is 0. The van der Waals surface area contributed by atoms with E-state index in [1.807, 2.05) is 0 Å². The van der Waals surface area contributed by atoms with Crippen molar-refractivity contribution in [2.45, 2.75) is 26.2 Å². The topological polar surface area (TPSA) is 6.48 Å². The highest BCUT2D eigenvalue weighted by Crippen LogP contribution is 2.55. The van der Waals surface area contributed by atoms with Gasteiger partial charge in [-0.15, -0.1) is 0 Å². The number of benzene rings is 17. The molecule has 0 radical (unpaired) electrons. The lowest BCUT2D eigenvalue weighted by Crippen LogP contribution is -2.61. The van der Waals surface area contributed by atoms with E-state index in [1.54, 1.807) is 0 Å². The maximum absolute atomic E-state index is 2.70. The number of rotatable bonds is 14. The van der Waals surface area contributed by atoms with Gasteiger partial charge in [0, 0.05) is 39.6 Å². The summed E-state index contributed by atoms with van der Waals surface area (Å²) in [6.45, 7) is 6.92. The van der Waals surface area contributed by atoms with Crippen LogP contribution in [0.2, 0.25) is 0 Å². The fraction of sp³-hybridized carbons (Fsp3) is 0.0377. The molecule has 17 aromatic rings. The third kappa shape index (κ3) is 12.5. The van der Waals surface area contributed by atoms with Crippen LogP contribution < -0.4 is 26.2 Å². The molecule has 0 aliphatic carbocycles. The first-order valence-corrected chi connectivity index (χ1v) is 38.0. The molecule has 0 amide bonds. The fourth-order valence-corrected chi connectivity index (χ4v) is 16.8. The van der Waals surface area contributed by atoms with Gasteiger partial charge in [0.25, 0.3) is 6.71 Å². The molecule has 2 aliphatic heterocycles. The SMILES string of the molecule is CC(C)(C)c1cc2c3c(c1)N(c1c(-c4ccccc4)cc(-c4cc(-c5ccccc5)cc(-c5ccccc5)c4)cc1-c1ccccc1)c1ccc(-c4ccccc4)cc1B3c1cc(-c3ccccc3)ccc1N2c1cc(-c2ccccc2)c(-c2cc(-c3ccccc3)cc(-c3ccccc3)c2)c(-c2ccccc2)c1. The van der Waals surface area contributed by atoms with E-state index in [0.717, 1.165) is 134 Å². The van der Waals surface area contributed by atoms with Gasteiger partial charge < -0.3 is 9.80 Å². The molecule has 514 valence electrons. The van der Waals surface area contributed by atoms with E-state index < -0.39 is 0 Å². The Morgan fingerprint density at radius 2 is 0.468 bits per heavy atom. The first-order chi connectivity index (χ1) is 53.7. The summed E-state index contributed by atoms with van der Waals surface area (Å²) in [5.41, 5.74) is 38.9. The van der Waals surface area contributed by atoms with Crippen molar-refractivity contribution in [1.82, 2.24) is 0 Å². The van der Waals surface area contributed by atoms with Gasteiger partial charge in [-0.25, -0.2) is 0 Å². The van der Waals surface area contributed by atoms with E-state index in [1.165, 1.54) is 55.3 Å². The van der Waals surface area contributed by atoms with E-state index in [0.29, 0.717) is 0 Å². The molecule has 109 heavy (non-hydrogen) atoms. The molecular weight excluding hydrogens is 1310 g/mol. The van der Waals surface area contributed by atoms with Gasteiger partial charge in [-0.1, -0.05) is 348 Å². The van der Waals surface area contributed by atoms with Crippen LogP contribution in [-0.2, 0) is 5.41 Å². The zero-order valence-electron chi connectivity index (χ0n) is 61.2. The standard InChI is InChI=1S/C106H77BN2/c1-106(2,3)91-68-101-104-102(69-91)109(105-95(80-50-30-12-31-51-80)64-89(65-96(105)81-52-32-13-33-53-81)88-60-84(74-38-18-6-19-39-74)58-85(61-88)75-40-20-7-21-41-75)100-57-55-83(73-36-16-5-17-37-73)67-98(100)107(104)97-66-82(72-34-14-4-15-35-72)54-56-99(97)108(101)92-70-93(78-46-26-10-27-47-78)103(94(71-92)79-48-28-11-29-49-79)90-62-86(76-42-22-8-23-43-76)59-87(63-90)77-44-24-9-25-45-77/h4-71H,1-3H3. The molecule has 17 aromatic carbocycles. The fourth-order valence-electron chi connectivity index (χ4n) is 16.8. The first-order valence-electron chi connectivity index (χ1n) is 38.0. The van der Waals surface area contributed by atoms with Crippen LogP contribution in [0.1, 0.15) is 26.3 Å². The van der Waals surface area contributed by atoms with Gasteiger partial charge in [-0.2, -0.15) is 0 Å². The third-order valence-corrected chi connectivity index (χ3v) is 22.1. The molecule has 0 fully saturated rings. The molecule has 0 bridgehead atoms. The van der Waals surface area contributed by atoms with Gasteiger partial charge >= 0.3 is 0 Å². The third-order valence-electron chi connectivity index (χ3n) is 22.1. The highest BCUT2D eigenvalue weighted by atomic mass is 15.2. The van der Waals surface area contributed by atoms with Crippen LogP contribution in [0, 0.1) is 0 Å². The normalized spacial score (nSPS) is 12.1. The predicted molar refractivity (Wildman–Crippen MR) is 464 cm³/mol. The molecular formula is C106H77BN2. The summed E-state index contributed by atoms with van der Waals surface area (Å²) < 4.78 is 0. The number of anilines is 6. The Hall–Kier alpha value is -13.6. The number of fused-ring (bicyclic) bond motifs is 4. The van der Waals surface area contributed by atoms with Crippen molar-refractivity contribution in [3.8, 4) is 134 Å². The maximum atomic E-state index is 2.70. The van der Waals surface area contributed by atoms with Crippen molar-refractivity contribution < 1.29 is 0 Å². The van der Waals surface area contributed by atoms with Gasteiger partial charge in [-0.05, 0) is 235 Å². The molecule has 0 unspecified atom stereocenters. The van der Waals surface area contributed by atoms with E-state index in [4.69, 9.17) is 0 Å². The van der Waals surface area contributed by atoms with Gasteiger partial charge in [0.05, 0.1) is 5.69 Å². The van der Waals surface area contributed by atoms with Gasteiger partial charge in [0.2, 0.25) is 0 Å². The number of nitrogens with zero attached hydrogens (tertiary/aromatic N) is 2. The summed E-state index contributed by atoms with van der Waals surface area (Å²) in [7, 11) is 0. The second-order valence-electron chi connectivity index (χ2n) is 29.9.